The number of ether oxygens (including phenoxy) is 1. The molecule has 3 aromatic rings. The number of carbonyl (C=O) groups is 2. The Morgan fingerprint density at radius 1 is 1.20 bits per heavy atom. The molecule has 0 atom stereocenters. The lowest BCUT2D eigenvalue weighted by molar-refractivity contribution is -0.136. The van der Waals surface area contributed by atoms with Gasteiger partial charge >= 0.3 is 12.0 Å². The van der Waals surface area contributed by atoms with Crippen molar-refractivity contribution < 1.29 is 14.3 Å². The summed E-state index contributed by atoms with van der Waals surface area (Å²) in [6.07, 6.45) is 2.16. The summed E-state index contributed by atoms with van der Waals surface area (Å²) in [4.78, 5) is 30.6. The number of hydrogen-bond donors (Lipinski definition) is 2. The Morgan fingerprint density at radius 3 is 2.80 bits per heavy atom. The van der Waals surface area contributed by atoms with E-state index in [1.807, 2.05) is 31.2 Å². The molecule has 4 rings (SSSR count). The number of esters is 1. The number of aromatic nitrogens is 1. The van der Waals surface area contributed by atoms with Gasteiger partial charge in [0, 0.05) is 34.4 Å². The molecule has 0 spiro atoms. The van der Waals surface area contributed by atoms with Crippen LogP contribution in [0.15, 0.2) is 48.7 Å². The number of nitrogens with zero attached hydrogens (tertiary/aromatic N) is 1. The largest absolute Gasteiger partial charge is 0.462 e. The fourth-order valence-electron chi connectivity index (χ4n) is 3.66. The zero-order valence-corrected chi connectivity index (χ0v) is 17.5. The molecule has 0 saturated heterocycles. The minimum atomic E-state index is -0.469. The molecule has 7 heteroatoms. The summed E-state index contributed by atoms with van der Waals surface area (Å²) in [7, 11) is 0. The maximum absolute atomic E-state index is 13.0. The highest BCUT2D eigenvalue weighted by Gasteiger charge is 2.27. The van der Waals surface area contributed by atoms with Crippen LogP contribution in [0.5, 0.6) is 0 Å². The van der Waals surface area contributed by atoms with Gasteiger partial charge in [0.1, 0.15) is 0 Å². The third-order valence-electron chi connectivity index (χ3n) is 5.24. The van der Waals surface area contributed by atoms with Gasteiger partial charge in [-0.25, -0.2) is 9.59 Å². The Morgan fingerprint density at radius 2 is 2.00 bits per heavy atom. The Labute approximate surface area is 179 Å². The number of anilines is 1. The minimum Gasteiger partial charge on any atom is -0.462 e. The Bertz CT molecular complexity index is 1170. The van der Waals surface area contributed by atoms with E-state index in [-0.39, 0.29) is 12.6 Å². The highest BCUT2D eigenvalue weighted by Crippen LogP contribution is 2.32. The first kappa shape index (κ1) is 20.0. The smallest absolute Gasteiger partial charge is 0.341 e. The summed E-state index contributed by atoms with van der Waals surface area (Å²) in [5.41, 5.74) is 4.40. The second-order valence-electron chi connectivity index (χ2n) is 7.07. The number of halogens is 1. The number of aromatic amines is 1. The first-order valence-electron chi connectivity index (χ1n) is 9.81. The number of nitrogens with one attached hydrogen (secondary N) is 2. The number of H-pyrrole nitrogens is 1. The van der Waals surface area contributed by atoms with Crippen LogP contribution in [0.3, 0.4) is 0 Å². The van der Waals surface area contributed by atoms with Crippen LogP contribution in [0.4, 0.5) is 10.5 Å². The lowest BCUT2D eigenvalue weighted by Crippen LogP contribution is -2.32. The Hall–Kier alpha value is -3.25. The molecule has 1 aromatic heterocycles. The van der Waals surface area contributed by atoms with E-state index in [1.165, 1.54) is 4.90 Å². The molecule has 0 radical (unpaired) electrons. The number of carbonyl (C=O) groups excluding carboxylic acids is 2. The van der Waals surface area contributed by atoms with Gasteiger partial charge in [-0.15, -0.1) is 0 Å². The average molecular weight is 424 g/mol. The van der Waals surface area contributed by atoms with E-state index in [4.69, 9.17) is 16.3 Å². The lowest BCUT2D eigenvalue weighted by Gasteiger charge is -2.19. The monoisotopic (exact) mass is 423 g/mol. The minimum absolute atomic E-state index is 0.250. The molecule has 2 N–H and O–H groups in total. The molecule has 0 bridgehead atoms. The molecule has 0 aliphatic carbocycles. The maximum atomic E-state index is 13.0. The number of urea groups is 1. The van der Waals surface area contributed by atoms with Gasteiger partial charge in [0.25, 0.3) is 0 Å². The van der Waals surface area contributed by atoms with Gasteiger partial charge in [-0.05, 0) is 49.6 Å². The third kappa shape index (κ3) is 3.66. The molecule has 2 amide bonds. The topological polar surface area (TPSA) is 74.4 Å². The predicted molar refractivity (Wildman–Crippen MR) is 119 cm³/mol. The molecule has 0 fully saturated rings. The standard InChI is InChI=1S/C23H22ClN3O3/c1-3-30-22(28)17-13-27(23(29)26-19-10-6-8-18(24)14(19)2)12-11-16-15-7-4-5-9-20(15)25-21(16)17/h4-10,13,25H,3,11-12H2,1-2H3,(H,26,29). The van der Waals surface area contributed by atoms with Crippen LogP contribution in [0, 0.1) is 6.92 Å². The zero-order valence-electron chi connectivity index (χ0n) is 16.8. The van der Waals surface area contributed by atoms with Crippen LogP contribution < -0.4 is 5.32 Å². The number of amides is 2. The molecular formula is C23H22ClN3O3. The molecule has 2 heterocycles. The van der Waals surface area contributed by atoms with Crippen LogP contribution >= 0.6 is 11.6 Å². The van der Waals surface area contributed by atoms with E-state index in [0.717, 1.165) is 22.0 Å². The van der Waals surface area contributed by atoms with E-state index >= 15 is 0 Å². The van der Waals surface area contributed by atoms with Crippen molar-refractivity contribution in [2.75, 3.05) is 18.5 Å². The molecule has 2 aromatic carbocycles. The Kier molecular flexibility index (Phi) is 5.50. The van der Waals surface area contributed by atoms with Crippen LogP contribution in [-0.2, 0) is 16.0 Å². The summed E-state index contributed by atoms with van der Waals surface area (Å²) < 4.78 is 5.27. The van der Waals surface area contributed by atoms with Crippen LogP contribution in [0.25, 0.3) is 16.5 Å². The van der Waals surface area contributed by atoms with Crippen molar-refractivity contribution in [2.45, 2.75) is 20.3 Å². The quantitative estimate of drug-likeness (QED) is 0.574. The van der Waals surface area contributed by atoms with Gasteiger partial charge in [-0.1, -0.05) is 35.9 Å². The first-order chi connectivity index (χ1) is 14.5. The summed E-state index contributed by atoms with van der Waals surface area (Å²) in [5, 5.41) is 4.51. The normalized spacial score (nSPS) is 13.4. The fourth-order valence-corrected chi connectivity index (χ4v) is 3.84. The van der Waals surface area contributed by atoms with Crippen molar-refractivity contribution >= 4 is 45.8 Å². The lowest BCUT2D eigenvalue weighted by atomic mass is 10.0. The van der Waals surface area contributed by atoms with Crippen LogP contribution in [0.2, 0.25) is 5.02 Å². The summed E-state index contributed by atoms with van der Waals surface area (Å²) in [5.74, 6) is -0.469. The number of benzene rings is 2. The highest BCUT2D eigenvalue weighted by atomic mass is 35.5. The van der Waals surface area contributed by atoms with Crippen molar-refractivity contribution in [1.82, 2.24) is 9.88 Å². The zero-order chi connectivity index (χ0) is 21.3. The molecule has 6 nitrogen and oxygen atoms in total. The SMILES string of the molecule is CCOC(=O)C1=CN(C(=O)Nc2cccc(Cl)c2C)CCc2c1[nH]c1ccccc21. The van der Waals surface area contributed by atoms with Crippen LogP contribution in [-0.4, -0.2) is 35.0 Å². The number of fused-ring (bicyclic) bond motifs is 3. The summed E-state index contributed by atoms with van der Waals surface area (Å²) >= 11 is 6.17. The van der Waals surface area contributed by atoms with E-state index in [9.17, 15) is 9.59 Å². The van der Waals surface area contributed by atoms with Gasteiger partial charge in [0.05, 0.1) is 17.9 Å². The van der Waals surface area contributed by atoms with Gasteiger partial charge in [-0.2, -0.15) is 0 Å². The van der Waals surface area contributed by atoms with E-state index in [0.29, 0.717) is 34.9 Å². The number of para-hydroxylation sites is 1. The Balaban J connectivity index is 1.71. The number of rotatable bonds is 3. The van der Waals surface area contributed by atoms with Gasteiger partial charge in [-0.3, -0.25) is 4.90 Å². The molecule has 0 unspecified atom stereocenters. The van der Waals surface area contributed by atoms with Crippen molar-refractivity contribution in [3.05, 3.63) is 70.5 Å². The average Bonchev–Trinajstić information content (AvgIpc) is 2.98. The van der Waals surface area contributed by atoms with E-state index < -0.39 is 5.97 Å². The molecular weight excluding hydrogens is 402 g/mol. The number of hydrogen-bond acceptors (Lipinski definition) is 3. The van der Waals surface area contributed by atoms with Crippen molar-refractivity contribution in [3.8, 4) is 0 Å². The van der Waals surface area contributed by atoms with Gasteiger partial charge in [0.15, 0.2) is 0 Å². The predicted octanol–water partition coefficient (Wildman–Crippen LogP) is 5.12. The third-order valence-corrected chi connectivity index (χ3v) is 5.65. The van der Waals surface area contributed by atoms with Crippen LogP contribution in [0.1, 0.15) is 23.7 Å². The molecule has 1 aliphatic rings. The second kappa shape index (κ2) is 8.24. The van der Waals surface area contributed by atoms with E-state index in [1.54, 1.807) is 31.3 Å². The molecule has 30 heavy (non-hydrogen) atoms. The first-order valence-corrected chi connectivity index (χ1v) is 10.2. The maximum Gasteiger partial charge on any atom is 0.341 e. The highest BCUT2D eigenvalue weighted by molar-refractivity contribution is 6.31. The molecule has 154 valence electrons. The van der Waals surface area contributed by atoms with Crippen molar-refractivity contribution in [2.24, 2.45) is 0 Å². The van der Waals surface area contributed by atoms with Gasteiger partial charge in [0.2, 0.25) is 0 Å². The second-order valence-corrected chi connectivity index (χ2v) is 7.48. The fraction of sp³-hybridized carbons (Fsp3) is 0.217. The summed E-state index contributed by atoms with van der Waals surface area (Å²) in [6.45, 7) is 4.27. The van der Waals surface area contributed by atoms with Gasteiger partial charge < -0.3 is 15.0 Å². The van der Waals surface area contributed by atoms with Crippen molar-refractivity contribution in [3.63, 3.8) is 0 Å². The van der Waals surface area contributed by atoms with E-state index in [2.05, 4.69) is 10.3 Å². The summed E-state index contributed by atoms with van der Waals surface area (Å²) in [6, 6.07) is 12.9. The molecule has 0 saturated carbocycles. The van der Waals surface area contributed by atoms with Crippen molar-refractivity contribution in [1.29, 1.82) is 0 Å². The molecule has 1 aliphatic heterocycles.